The Morgan fingerprint density at radius 2 is 1.86 bits per heavy atom. The van der Waals surface area contributed by atoms with Crippen molar-refractivity contribution >= 4 is 16.9 Å². The number of benzene rings is 1. The van der Waals surface area contributed by atoms with Crippen molar-refractivity contribution in [1.82, 2.24) is 14.9 Å². The van der Waals surface area contributed by atoms with E-state index in [1.54, 1.807) is 0 Å². The quantitative estimate of drug-likeness (QED) is 0.805. The van der Waals surface area contributed by atoms with Crippen molar-refractivity contribution in [3.05, 3.63) is 30.0 Å². The van der Waals surface area contributed by atoms with E-state index in [1.165, 1.54) is 19.3 Å². The maximum Gasteiger partial charge on any atom is 0.226 e. The van der Waals surface area contributed by atoms with E-state index < -0.39 is 0 Å². The van der Waals surface area contributed by atoms with Crippen LogP contribution in [-0.4, -0.2) is 47.1 Å². The lowest BCUT2D eigenvalue weighted by Crippen LogP contribution is -2.37. The molecule has 0 N–H and O–H groups in total. The van der Waals surface area contributed by atoms with Gasteiger partial charge in [0.1, 0.15) is 0 Å². The maximum atomic E-state index is 4.81. The van der Waals surface area contributed by atoms with Crippen molar-refractivity contribution in [3.8, 4) is 0 Å². The minimum Gasteiger partial charge on any atom is -0.339 e. The Bertz CT molecular complexity index is 669. The van der Waals surface area contributed by atoms with E-state index in [1.807, 2.05) is 0 Å². The first kappa shape index (κ1) is 13.0. The fourth-order valence-electron chi connectivity index (χ4n) is 3.85. The summed E-state index contributed by atoms with van der Waals surface area (Å²) in [7, 11) is 2.28. The minimum absolute atomic E-state index is 0.660. The number of likely N-dealkylation sites (N-methyl/N-ethyl adjacent to an activating group) is 1. The SMILES string of the molecule is Cc1nc(N2CC[C@@H]3CC[C@H](C2)N3C)nc2ccccc12. The lowest BCUT2D eigenvalue weighted by molar-refractivity contribution is 0.254. The second-order valence-corrected chi connectivity index (χ2v) is 6.41. The van der Waals surface area contributed by atoms with Crippen LogP contribution in [0.1, 0.15) is 25.0 Å². The van der Waals surface area contributed by atoms with E-state index in [9.17, 15) is 0 Å². The molecule has 4 rings (SSSR count). The highest BCUT2D eigenvalue weighted by Crippen LogP contribution is 2.30. The summed E-state index contributed by atoms with van der Waals surface area (Å²) in [6.45, 7) is 4.22. The molecule has 110 valence electrons. The molecule has 1 aromatic heterocycles. The van der Waals surface area contributed by atoms with E-state index in [0.717, 1.165) is 41.7 Å². The van der Waals surface area contributed by atoms with Gasteiger partial charge in [0.2, 0.25) is 5.95 Å². The lowest BCUT2D eigenvalue weighted by Gasteiger charge is -2.26. The van der Waals surface area contributed by atoms with E-state index in [0.29, 0.717) is 6.04 Å². The molecule has 3 heterocycles. The molecule has 1 aromatic carbocycles. The number of aromatic nitrogens is 2. The second kappa shape index (κ2) is 4.95. The highest BCUT2D eigenvalue weighted by atomic mass is 15.3. The molecule has 2 atom stereocenters. The molecule has 0 spiro atoms. The van der Waals surface area contributed by atoms with Crippen LogP contribution in [0.4, 0.5) is 5.95 Å². The fourth-order valence-corrected chi connectivity index (χ4v) is 3.85. The summed E-state index contributed by atoms with van der Waals surface area (Å²) in [5.41, 5.74) is 2.14. The molecule has 2 aliphatic rings. The molecule has 0 unspecified atom stereocenters. The second-order valence-electron chi connectivity index (χ2n) is 6.41. The van der Waals surface area contributed by atoms with Gasteiger partial charge in [-0.2, -0.15) is 0 Å². The third-order valence-electron chi connectivity index (χ3n) is 5.21. The van der Waals surface area contributed by atoms with E-state index >= 15 is 0 Å². The first-order chi connectivity index (χ1) is 10.2. The summed E-state index contributed by atoms with van der Waals surface area (Å²) in [5, 5.41) is 1.16. The van der Waals surface area contributed by atoms with E-state index in [2.05, 4.69) is 48.0 Å². The molecule has 2 aliphatic heterocycles. The van der Waals surface area contributed by atoms with Gasteiger partial charge in [-0.3, -0.25) is 4.90 Å². The summed E-state index contributed by atoms with van der Waals surface area (Å²) >= 11 is 0. The van der Waals surface area contributed by atoms with Gasteiger partial charge >= 0.3 is 0 Å². The number of fused-ring (bicyclic) bond motifs is 3. The first-order valence-electron chi connectivity index (χ1n) is 7.92. The van der Waals surface area contributed by atoms with Gasteiger partial charge in [-0.1, -0.05) is 18.2 Å². The Labute approximate surface area is 125 Å². The van der Waals surface area contributed by atoms with Crippen molar-refractivity contribution in [2.24, 2.45) is 0 Å². The molecule has 2 bridgehead atoms. The summed E-state index contributed by atoms with van der Waals surface area (Å²) in [6, 6.07) is 9.71. The van der Waals surface area contributed by atoms with Crippen LogP contribution in [0, 0.1) is 6.92 Å². The molecule has 0 amide bonds. The first-order valence-corrected chi connectivity index (χ1v) is 7.92. The van der Waals surface area contributed by atoms with E-state index in [4.69, 9.17) is 9.97 Å². The van der Waals surface area contributed by atoms with Gasteiger partial charge in [0.05, 0.1) is 11.2 Å². The smallest absolute Gasteiger partial charge is 0.226 e. The van der Waals surface area contributed by atoms with Crippen molar-refractivity contribution in [3.63, 3.8) is 0 Å². The molecular weight excluding hydrogens is 260 g/mol. The van der Waals surface area contributed by atoms with Crippen LogP contribution in [0.5, 0.6) is 0 Å². The number of hydrogen-bond donors (Lipinski definition) is 0. The molecule has 0 aliphatic carbocycles. The number of hydrogen-bond acceptors (Lipinski definition) is 4. The van der Waals surface area contributed by atoms with Gasteiger partial charge in [0.25, 0.3) is 0 Å². The number of nitrogens with zero attached hydrogens (tertiary/aromatic N) is 4. The molecule has 2 fully saturated rings. The van der Waals surface area contributed by atoms with Gasteiger partial charge in [0, 0.05) is 30.6 Å². The molecule has 4 nitrogen and oxygen atoms in total. The van der Waals surface area contributed by atoms with Crippen LogP contribution in [0.2, 0.25) is 0 Å². The summed E-state index contributed by atoms with van der Waals surface area (Å²) < 4.78 is 0. The Morgan fingerprint density at radius 1 is 1.05 bits per heavy atom. The summed E-state index contributed by atoms with van der Waals surface area (Å²) in [4.78, 5) is 14.5. The molecular formula is C17H22N4. The Morgan fingerprint density at radius 3 is 2.76 bits per heavy atom. The standard InChI is InChI=1S/C17H22N4/c1-12-15-5-3-4-6-16(15)19-17(18-12)21-10-9-13-7-8-14(11-21)20(13)2/h3-6,13-14H,7-11H2,1-2H3/t13-,14+/m0/s1. The summed E-state index contributed by atoms with van der Waals surface area (Å²) in [5.74, 6) is 0.909. The number of anilines is 1. The van der Waals surface area contributed by atoms with Crippen molar-refractivity contribution in [2.75, 3.05) is 25.0 Å². The van der Waals surface area contributed by atoms with Gasteiger partial charge in [-0.15, -0.1) is 0 Å². The monoisotopic (exact) mass is 282 g/mol. The van der Waals surface area contributed by atoms with Gasteiger partial charge < -0.3 is 4.90 Å². The van der Waals surface area contributed by atoms with Gasteiger partial charge in [0.15, 0.2) is 0 Å². The van der Waals surface area contributed by atoms with E-state index in [-0.39, 0.29) is 0 Å². The Hall–Kier alpha value is -1.68. The zero-order valence-electron chi connectivity index (χ0n) is 12.8. The molecule has 0 saturated carbocycles. The van der Waals surface area contributed by atoms with Crippen LogP contribution in [0.25, 0.3) is 10.9 Å². The average Bonchev–Trinajstić information content (AvgIpc) is 2.72. The predicted molar refractivity (Wildman–Crippen MR) is 85.7 cm³/mol. The molecule has 21 heavy (non-hydrogen) atoms. The highest BCUT2D eigenvalue weighted by Gasteiger charge is 2.35. The third kappa shape index (κ3) is 2.18. The molecule has 2 saturated heterocycles. The largest absolute Gasteiger partial charge is 0.339 e. The highest BCUT2D eigenvalue weighted by molar-refractivity contribution is 5.81. The van der Waals surface area contributed by atoms with Crippen LogP contribution in [0.3, 0.4) is 0 Å². The zero-order valence-corrected chi connectivity index (χ0v) is 12.8. The number of para-hydroxylation sites is 1. The van der Waals surface area contributed by atoms with Crippen molar-refractivity contribution in [2.45, 2.75) is 38.3 Å². The number of aryl methyl sites for hydroxylation is 1. The van der Waals surface area contributed by atoms with Crippen molar-refractivity contribution in [1.29, 1.82) is 0 Å². The van der Waals surface area contributed by atoms with Gasteiger partial charge in [-0.05, 0) is 39.3 Å². The Balaban J connectivity index is 1.70. The maximum absolute atomic E-state index is 4.81. The van der Waals surface area contributed by atoms with Crippen LogP contribution in [-0.2, 0) is 0 Å². The normalized spacial score (nSPS) is 26.3. The topological polar surface area (TPSA) is 32.3 Å². The third-order valence-corrected chi connectivity index (χ3v) is 5.21. The molecule has 0 radical (unpaired) electrons. The van der Waals surface area contributed by atoms with Crippen LogP contribution in [0.15, 0.2) is 24.3 Å². The van der Waals surface area contributed by atoms with Crippen LogP contribution >= 0.6 is 0 Å². The Kier molecular flexibility index (Phi) is 3.07. The molecule has 2 aromatic rings. The fraction of sp³-hybridized carbons (Fsp3) is 0.529. The predicted octanol–water partition coefficient (Wildman–Crippen LogP) is 2.61. The zero-order chi connectivity index (χ0) is 14.4. The lowest BCUT2D eigenvalue weighted by atomic mass is 10.1. The molecule has 4 heteroatoms. The van der Waals surface area contributed by atoms with Crippen molar-refractivity contribution < 1.29 is 0 Å². The van der Waals surface area contributed by atoms with Gasteiger partial charge in [-0.25, -0.2) is 9.97 Å². The summed E-state index contributed by atoms with van der Waals surface area (Å²) in [6.07, 6.45) is 3.89. The van der Waals surface area contributed by atoms with Crippen LogP contribution < -0.4 is 4.90 Å². The minimum atomic E-state index is 0.660. The number of rotatable bonds is 1. The average molecular weight is 282 g/mol.